The van der Waals surface area contributed by atoms with Crippen LogP contribution in [0.3, 0.4) is 0 Å². The summed E-state index contributed by atoms with van der Waals surface area (Å²) in [5.41, 5.74) is 0.329. The maximum Gasteiger partial charge on any atom is 0.407 e. The van der Waals surface area contributed by atoms with E-state index in [4.69, 9.17) is 0 Å². The molecule has 0 saturated carbocycles. The summed E-state index contributed by atoms with van der Waals surface area (Å²) in [5, 5.41) is 13.9. The molecular formula is C21H21N7O3S. The quantitative estimate of drug-likeness (QED) is 0.435. The van der Waals surface area contributed by atoms with Gasteiger partial charge in [-0.2, -0.15) is 0 Å². The van der Waals surface area contributed by atoms with Crippen molar-refractivity contribution in [1.82, 2.24) is 24.8 Å². The van der Waals surface area contributed by atoms with E-state index in [-0.39, 0.29) is 5.91 Å². The van der Waals surface area contributed by atoms with Crippen molar-refractivity contribution >= 4 is 55.5 Å². The Labute approximate surface area is 186 Å². The maximum absolute atomic E-state index is 13.4. The lowest BCUT2D eigenvalue weighted by atomic mass is 9.85. The standard InChI is InChI=1S/C21H21N7O3S/c1-27(20(30)31)21(18(29)26-19-25-14-4-2-3-5-15(14)32-19)7-10-28(11-8-21)17-13-6-9-22-16(13)23-12-24-17/h2-6,9,12H,7-8,10-11H2,1H3,(H,30,31)(H,22,23,24)(H,25,26,29). The Bertz CT molecular complexity index is 1280. The van der Waals surface area contributed by atoms with Gasteiger partial charge in [-0.05, 0) is 31.0 Å². The van der Waals surface area contributed by atoms with E-state index >= 15 is 0 Å². The van der Waals surface area contributed by atoms with Gasteiger partial charge in [0.15, 0.2) is 5.13 Å². The summed E-state index contributed by atoms with van der Waals surface area (Å²) < 4.78 is 0.956. The average Bonchev–Trinajstić information content (AvgIpc) is 3.44. The van der Waals surface area contributed by atoms with Gasteiger partial charge in [-0.15, -0.1) is 0 Å². The zero-order chi connectivity index (χ0) is 22.3. The van der Waals surface area contributed by atoms with Crippen molar-refractivity contribution in [2.45, 2.75) is 18.4 Å². The lowest BCUT2D eigenvalue weighted by Gasteiger charge is -2.44. The zero-order valence-corrected chi connectivity index (χ0v) is 18.1. The molecule has 5 rings (SSSR count). The first-order valence-corrected chi connectivity index (χ1v) is 11.0. The van der Waals surface area contributed by atoms with E-state index in [1.807, 2.05) is 30.3 Å². The Balaban J connectivity index is 1.41. The highest BCUT2D eigenvalue weighted by molar-refractivity contribution is 7.22. The number of amides is 2. The highest BCUT2D eigenvalue weighted by Gasteiger charge is 2.47. The fourth-order valence-corrected chi connectivity index (χ4v) is 5.10. The monoisotopic (exact) mass is 451 g/mol. The minimum absolute atomic E-state index is 0.322. The smallest absolute Gasteiger partial charge is 0.407 e. The van der Waals surface area contributed by atoms with Crippen LogP contribution in [0.5, 0.6) is 0 Å². The lowest BCUT2D eigenvalue weighted by molar-refractivity contribution is -0.127. The molecule has 1 fully saturated rings. The first-order valence-electron chi connectivity index (χ1n) is 10.1. The number of hydrogen-bond donors (Lipinski definition) is 3. The Morgan fingerprint density at radius 3 is 2.75 bits per heavy atom. The predicted octanol–water partition coefficient (Wildman–Crippen LogP) is 3.16. The number of aromatic nitrogens is 4. The number of rotatable bonds is 4. The van der Waals surface area contributed by atoms with Crippen LogP contribution in [0.1, 0.15) is 12.8 Å². The number of para-hydroxylation sites is 1. The fraction of sp³-hybridized carbons (Fsp3) is 0.286. The van der Waals surface area contributed by atoms with Gasteiger partial charge in [-0.25, -0.2) is 19.7 Å². The van der Waals surface area contributed by atoms with E-state index in [2.05, 4.69) is 30.2 Å². The molecule has 1 aliphatic rings. The number of anilines is 2. The molecule has 32 heavy (non-hydrogen) atoms. The van der Waals surface area contributed by atoms with Crippen molar-refractivity contribution in [3.8, 4) is 0 Å². The molecule has 0 atom stereocenters. The third kappa shape index (κ3) is 3.30. The lowest BCUT2D eigenvalue weighted by Crippen LogP contribution is -2.62. The SMILES string of the molecule is CN(C(=O)O)C1(C(=O)Nc2nc3ccccc3s2)CCN(c2ncnc3[nH]ccc23)CC1. The summed E-state index contributed by atoms with van der Waals surface area (Å²) in [4.78, 5) is 44.7. The van der Waals surface area contributed by atoms with Crippen molar-refractivity contribution in [3.63, 3.8) is 0 Å². The third-order valence-electron chi connectivity index (χ3n) is 6.09. The van der Waals surface area contributed by atoms with E-state index in [0.717, 1.165) is 32.0 Å². The van der Waals surface area contributed by atoms with Crippen molar-refractivity contribution in [2.75, 3.05) is 30.4 Å². The van der Waals surface area contributed by atoms with Gasteiger partial charge in [0.1, 0.15) is 23.3 Å². The molecule has 0 spiro atoms. The maximum atomic E-state index is 13.4. The second-order valence-electron chi connectivity index (χ2n) is 7.74. The van der Waals surface area contributed by atoms with Crippen molar-refractivity contribution in [2.24, 2.45) is 0 Å². The van der Waals surface area contributed by atoms with Gasteiger partial charge in [0.2, 0.25) is 0 Å². The molecule has 164 valence electrons. The number of carbonyl (C=O) groups is 2. The fourth-order valence-electron chi connectivity index (χ4n) is 4.24. The molecule has 0 bridgehead atoms. The van der Waals surface area contributed by atoms with Gasteiger partial charge in [-0.1, -0.05) is 23.5 Å². The van der Waals surface area contributed by atoms with Crippen LogP contribution in [0.4, 0.5) is 15.7 Å². The van der Waals surface area contributed by atoms with Gasteiger partial charge >= 0.3 is 6.09 Å². The van der Waals surface area contributed by atoms with Gasteiger partial charge < -0.3 is 15.0 Å². The molecule has 11 heteroatoms. The van der Waals surface area contributed by atoms with Crippen LogP contribution in [-0.4, -0.2) is 67.6 Å². The first-order chi connectivity index (χ1) is 15.5. The number of carboxylic acid groups (broad SMARTS) is 1. The van der Waals surface area contributed by atoms with Crippen LogP contribution >= 0.6 is 11.3 Å². The van der Waals surface area contributed by atoms with Crippen LogP contribution in [0.25, 0.3) is 21.3 Å². The minimum atomic E-state index is -1.20. The van der Waals surface area contributed by atoms with Gasteiger partial charge in [-0.3, -0.25) is 15.0 Å². The molecule has 0 radical (unpaired) electrons. The van der Waals surface area contributed by atoms with Gasteiger partial charge in [0.05, 0.1) is 15.6 Å². The molecular weight excluding hydrogens is 430 g/mol. The number of H-pyrrole nitrogens is 1. The Morgan fingerprint density at radius 2 is 2.00 bits per heavy atom. The van der Waals surface area contributed by atoms with Gasteiger partial charge in [0, 0.05) is 26.3 Å². The number of hydrogen-bond acceptors (Lipinski definition) is 7. The summed E-state index contributed by atoms with van der Waals surface area (Å²) in [6.45, 7) is 0.949. The van der Waals surface area contributed by atoms with Crippen LogP contribution in [0.2, 0.25) is 0 Å². The van der Waals surface area contributed by atoms with Crippen molar-refractivity contribution in [1.29, 1.82) is 0 Å². The zero-order valence-electron chi connectivity index (χ0n) is 17.3. The number of piperidine rings is 1. The van der Waals surface area contributed by atoms with E-state index in [9.17, 15) is 14.7 Å². The summed E-state index contributed by atoms with van der Waals surface area (Å²) >= 11 is 1.37. The van der Waals surface area contributed by atoms with Crippen LogP contribution < -0.4 is 10.2 Å². The molecule has 3 N–H and O–H groups in total. The van der Waals surface area contributed by atoms with Crippen LogP contribution in [0.15, 0.2) is 42.9 Å². The number of aromatic amines is 1. The molecule has 3 aromatic heterocycles. The first kappa shape index (κ1) is 20.2. The van der Waals surface area contributed by atoms with E-state index in [1.165, 1.54) is 24.7 Å². The van der Waals surface area contributed by atoms with Crippen molar-refractivity contribution < 1.29 is 14.7 Å². The largest absolute Gasteiger partial charge is 0.465 e. The average molecular weight is 452 g/mol. The second-order valence-corrected chi connectivity index (χ2v) is 8.77. The summed E-state index contributed by atoms with van der Waals surface area (Å²) in [7, 11) is 1.45. The highest BCUT2D eigenvalue weighted by atomic mass is 32.1. The molecule has 10 nitrogen and oxygen atoms in total. The van der Waals surface area contributed by atoms with E-state index in [1.54, 1.807) is 6.20 Å². The van der Waals surface area contributed by atoms with Gasteiger partial charge in [0.25, 0.3) is 5.91 Å². The van der Waals surface area contributed by atoms with E-state index in [0.29, 0.717) is 31.1 Å². The molecule has 1 aliphatic heterocycles. The number of carbonyl (C=O) groups excluding carboxylic acids is 1. The topological polar surface area (TPSA) is 127 Å². The number of likely N-dealkylation sites (N-methyl/N-ethyl adjacent to an activating group) is 1. The summed E-state index contributed by atoms with van der Waals surface area (Å²) in [6.07, 6.45) is 2.80. The number of thiazole rings is 1. The van der Waals surface area contributed by atoms with E-state index < -0.39 is 11.6 Å². The Hall–Kier alpha value is -3.73. The molecule has 2 amide bonds. The molecule has 4 aromatic rings. The number of fused-ring (bicyclic) bond motifs is 2. The Morgan fingerprint density at radius 1 is 1.22 bits per heavy atom. The summed E-state index contributed by atoms with van der Waals surface area (Å²) in [6, 6.07) is 9.52. The molecule has 0 aliphatic carbocycles. The second kappa shape index (κ2) is 7.75. The minimum Gasteiger partial charge on any atom is -0.465 e. The third-order valence-corrected chi connectivity index (χ3v) is 7.04. The van der Waals surface area contributed by atoms with Crippen LogP contribution in [-0.2, 0) is 4.79 Å². The van der Waals surface area contributed by atoms with Crippen molar-refractivity contribution in [3.05, 3.63) is 42.9 Å². The number of nitrogens with one attached hydrogen (secondary N) is 2. The number of benzene rings is 1. The normalized spacial score (nSPS) is 15.7. The molecule has 4 heterocycles. The Kier molecular flexibility index (Phi) is 4.89. The van der Waals surface area contributed by atoms with Crippen LogP contribution in [0, 0.1) is 0 Å². The molecule has 1 aromatic carbocycles. The highest BCUT2D eigenvalue weighted by Crippen LogP contribution is 2.34. The number of nitrogens with zero attached hydrogens (tertiary/aromatic N) is 5. The summed E-state index contributed by atoms with van der Waals surface area (Å²) in [5.74, 6) is 0.407. The predicted molar refractivity (Wildman–Crippen MR) is 122 cm³/mol. The molecule has 1 saturated heterocycles. The molecule has 0 unspecified atom stereocenters.